The van der Waals surface area contributed by atoms with Gasteiger partial charge in [0, 0.05) is 6.42 Å². The molecule has 2 heteroatoms. The fourth-order valence-electron chi connectivity index (χ4n) is 3.68. The molecule has 23 heavy (non-hydrogen) atoms. The Kier molecular flexibility index (Phi) is 7.64. The molecule has 1 aliphatic rings. The van der Waals surface area contributed by atoms with Gasteiger partial charge in [-0.05, 0) is 61.5 Å². The average molecular weight is 316 g/mol. The lowest BCUT2D eigenvalue weighted by molar-refractivity contribution is -0.143. The minimum Gasteiger partial charge on any atom is -0.466 e. The van der Waals surface area contributed by atoms with E-state index in [1.807, 2.05) is 6.92 Å². The van der Waals surface area contributed by atoms with Crippen LogP contribution in [-0.4, -0.2) is 12.6 Å². The molecule has 0 spiro atoms. The average Bonchev–Trinajstić information content (AvgIpc) is 2.59. The van der Waals surface area contributed by atoms with Crippen LogP contribution in [0.25, 0.3) is 0 Å². The maximum atomic E-state index is 11.6. The molecule has 1 fully saturated rings. The van der Waals surface area contributed by atoms with E-state index in [-0.39, 0.29) is 5.97 Å². The molecule has 1 saturated carbocycles. The Hall–Kier alpha value is -1.31. The zero-order valence-electron chi connectivity index (χ0n) is 14.9. The van der Waals surface area contributed by atoms with Crippen molar-refractivity contribution in [3.63, 3.8) is 0 Å². The molecule has 0 unspecified atom stereocenters. The van der Waals surface area contributed by atoms with E-state index in [0.29, 0.717) is 13.0 Å². The summed E-state index contributed by atoms with van der Waals surface area (Å²) >= 11 is 0. The van der Waals surface area contributed by atoms with Gasteiger partial charge in [-0.1, -0.05) is 51.0 Å². The van der Waals surface area contributed by atoms with Gasteiger partial charge >= 0.3 is 5.97 Å². The summed E-state index contributed by atoms with van der Waals surface area (Å²) < 4.78 is 5.12. The van der Waals surface area contributed by atoms with E-state index in [4.69, 9.17) is 4.74 Å². The van der Waals surface area contributed by atoms with E-state index in [2.05, 4.69) is 31.2 Å². The Morgan fingerprint density at radius 3 is 2.35 bits per heavy atom. The van der Waals surface area contributed by atoms with Crippen LogP contribution in [0, 0.1) is 5.92 Å². The molecule has 0 heterocycles. The number of benzene rings is 1. The second-order valence-electron chi connectivity index (χ2n) is 6.97. The first-order valence-corrected chi connectivity index (χ1v) is 9.47. The number of carbonyl (C=O) groups is 1. The summed E-state index contributed by atoms with van der Waals surface area (Å²) in [5, 5.41) is 0. The standard InChI is InChI=1S/C21H32O2/c1-3-5-17-6-11-19(12-7-17)20-13-8-18(9-14-20)10-15-21(22)23-16-4-2/h8-9,13-14,17,19H,3-7,10-12,15-16H2,1-2H3. The van der Waals surface area contributed by atoms with Gasteiger partial charge in [-0.3, -0.25) is 4.79 Å². The van der Waals surface area contributed by atoms with Gasteiger partial charge < -0.3 is 4.74 Å². The topological polar surface area (TPSA) is 26.3 Å². The first-order valence-electron chi connectivity index (χ1n) is 9.47. The first kappa shape index (κ1) is 18.0. The molecule has 0 saturated heterocycles. The third kappa shape index (κ3) is 6.01. The highest BCUT2D eigenvalue weighted by Gasteiger charge is 2.21. The van der Waals surface area contributed by atoms with Crippen molar-refractivity contribution >= 4 is 5.97 Å². The van der Waals surface area contributed by atoms with Crippen LogP contribution < -0.4 is 0 Å². The van der Waals surface area contributed by atoms with Crippen molar-refractivity contribution in [1.82, 2.24) is 0 Å². The molecule has 0 aliphatic heterocycles. The highest BCUT2D eigenvalue weighted by Crippen LogP contribution is 2.37. The summed E-state index contributed by atoms with van der Waals surface area (Å²) in [5.41, 5.74) is 2.72. The number of carbonyl (C=O) groups excluding carboxylic acids is 1. The van der Waals surface area contributed by atoms with Crippen molar-refractivity contribution in [3.8, 4) is 0 Å². The normalized spacial score (nSPS) is 21.1. The van der Waals surface area contributed by atoms with Crippen LogP contribution in [0.3, 0.4) is 0 Å². The van der Waals surface area contributed by atoms with Gasteiger partial charge in [-0.25, -0.2) is 0 Å². The Morgan fingerprint density at radius 1 is 1.04 bits per heavy atom. The fourth-order valence-corrected chi connectivity index (χ4v) is 3.68. The van der Waals surface area contributed by atoms with Crippen molar-refractivity contribution in [2.75, 3.05) is 6.61 Å². The zero-order valence-corrected chi connectivity index (χ0v) is 14.9. The lowest BCUT2D eigenvalue weighted by atomic mass is 9.77. The van der Waals surface area contributed by atoms with Crippen LogP contribution >= 0.6 is 0 Å². The second kappa shape index (κ2) is 9.75. The molecule has 0 N–H and O–H groups in total. The number of hydrogen-bond acceptors (Lipinski definition) is 2. The van der Waals surface area contributed by atoms with E-state index in [9.17, 15) is 4.79 Å². The summed E-state index contributed by atoms with van der Waals surface area (Å²) in [6, 6.07) is 8.94. The number of esters is 1. The van der Waals surface area contributed by atoms with Gasteiger partial charge in [-0.2, -0.15) is 0 Å². The Labute approximate surface area is 141 Å². The van der Waals surface area contributed by atoms with Gasteiger partial charge in [0.2, 0.25) is 0 Å². The minimum atomic E-state index is -0.0785. The third-order valence-electron chi connectivity index (χ3n) is 5.08. The SMILES string of the molecule is CCCOC(=O)CCc1ccc(C2CCC(CCC)CC2)cc1. The van der Waals surface area contributed by atoms with Crippen molar-refractivity contribution in [3.05, 3.63) is 35.4 Å². The predicted molar refractivity (Wildman–Crippen MR) is 95.6 cm³/mol. The number of aryl methyl sites for hydroxylation is 1. The molecule has 1 aromatic carbocycles. The van der Waals surface area contributed by atoms with Crippen molar-refractivity contribution in [2.45, 2.75) is 77.6 Å². The summed E-state index contributed by atoms with van der Waals surface area (Å²) in [7, 11) is 0. The molecule has 1 aromatic rings. The Morgan fingerprint density at radius 2 is 1.74 bits per heavy atom. The molecule has 128 valence electrons. The van der Waals surface area contributed by atoms with E-state index >= 15 is 0 Å². The highest BCUT2D eigenvalue weighted by molar-refractivity contribution is 5.69. The predicted octanol–water partition coefficient (Wildman–Crippen LogP) is 5.65. The summed E-state index contributed by atoms with van der Waals surface area (Å²) in [6.07, 6.45) is 10.4. The number of hydrogen-bond donors (Lipinski definition) is 0. The Bertz CT molecular complexity index is 455. The maximum Gasteiger partial charge on any atom is 0.306 e. The third-order valence-corrected chi connectivity index (χ3v) is 5.08. The van der Waals surface area contributed by atoms with Crippen molar-refractivity contribution in [2.24, 2.45) is 5.92 Å². The second-order valence-corrected chi connectivity index (χ2v) is 6.97. The monoisotopic (exact) mass is 316 g/mol. The summed E-state index contributed by atoms with van der Waals surface area (Å²) in [6.45, 7) is 4.85. The van der Waals surface area contributed by atoms with Gasteiger partial charge in [0.05, 0.1) is 6.61 Å². The highest BCUT2D eigenvalue weighted by atomic mass is 16.5. The van der Waals surface area contributed by atoms with Crippen LogP contribution in [0.1, 0.15) is 82.3 Å². The molecule has 0 atom stereocenters. The van der Waals surface area contributed by atoms with E-state index in [0.717, 1.165) is 24.7 Å². The zero-order chi connectivity index (χ0) is 16.5. The summed E-state index contributed by atoms with van der Waals surface area (Å²) in [5.74, 6) is 1.63. The van der Waals surface area contributed by atoms with Crippen LogP contribution in [0.2, 0.25) is 0 Å². The van der Waals surface area contributed by atoms with E-state index in [1.165, 1.54) is 49.7 Å². The molecule has 0 amide bonds. The van der Waals surface area contributed by atoms with Crippen molar-refractivity contribution < 1.29 is 9.53 Å². The van der Waals surface area contributed by atoms with E-state index < -0.39 is 0 Å². The van der Waals surface area contributed by atoms with Gasteiger partial charge in [0.1, 0.15) is 0 Å². The Balaban J connectivity index is 1.77. The molecule has 0 bridgehead atoms. The molecule has 0 aromatic heterocycles. The van der Waals surface area contributed by atoms with Crippen LogP contribution in [0.4, 0.5) is 0 Å². The fraction of sp³-hybridized carbons (Fsp3) is 0.667. The minimum absolute atomic E-state index is 0.0785. The van der Waals surface area contributed by atoms with Gasteiger partial charge in [0.15, 0.2) is 0 Å². The van der Waals surface area contributed by atoms with E-state index in [1.54, 1.807) is 0 Å². The van der Waals surface area contributed by atoms with Crippen molar-refractivity contribution in [1.29, 1.82) is 0 Å². The molecule has 1 aliphatic carbocycles. The van der Waals surface area contributed by atoms with Gasteiger partial charge in [0.25, 0.3) is 0 Å². The van der Waals surface area contributed by atoms with Gasteiger partial charge in [-0.15, -0.1) is 0 Å². The molecular weight excluding hydrogens is 284 g/mol. The number of ether oxygens (including phenoxy) is 1. The first-order chi connectivity index (χ1) is 11.2. The quantitative estimate of drug-likeness (QED) is 0.580. The van der Waals surface area contributed by atoms with Crippen LogP contribution in [0.5, 0.6) is 0 Å². The maximum absolute atomic E-state index is 11.6. The molecule has 2 rings (SSSR count). The largest absolute Gasteiger partial charge is 0.466 e. The van der Waals surface area contributed by atoms with Crippen LogP contribution in [-0.2, 0) is 16.0 Å². The lowest BCUT2D eigenvalue weighted by Gasteiger charge is -2.28. The summed E-state index contributed by atoms with van der Waals surface area (Å²) in [4.78, 5) is 11.6. The van der Waals surface area contributed by atoms with Crippen LogP contribution in [0.15, 0.2) is 24.3 Å². The molecule has 2 nitrogen and oxygen atoms in total. The lowest BCUT2D eigenvalue weighted by Crippen LogP contribution is -2.13. The molecular formula is C21H32O2. The number of rotatable bonds is 8. The molecule has 0 radical (unpaired) electrons. The smallest absolute Gasteiger partial charge is 0.306 e.